The highest BCUT2D eigenvalue weighted by molar-refractivity contribution is 5.93. The molecule has 0 fully saturated rings. The molecule has 3 rings (SSSR count). The van der Waals surface area contributed by atoms with E-state index in [2.05, 4.69) is 10.3 Å². The van der Waals surface area contributed by atoms with Gasteiger partial charge in [0.25, 0.3) is 0 Å². The summed E-state index contributed by atoms with van der Waals surface area (Å²) < 4.78 is 0. The van der Waals surface area contributed by atoms with Gasteiger partial charge in [0.05, 0.1) is 6.54 Å². The van der Waals surface area contributed by atoms with Crippen molar-refractivity contribution < 1.29 is 4.79 Å². The van der Waals surface area contributed by atoms with Crippen LogP contribution >= 0.6 is 0 Å². The van der Waals surface area contributed by atoms with Gasteiger partial charge in [-0.3, -0.25) is 9.78 Å². The lowest BCUT2D eigenvalue weighted by Crippen LogP contribution is -2.32. The van der Waals surface area contributed by atoms with Crippen LogP contribution in [0.3, 0.4) is 0 Å². The predicted octanol–water partition coefficient (Wildman–Crippen LogP) is 3.79. The zero-order chi connectivity index (χ0) is 18.0. The monoisotopic (exact) mass is 345 g/mol. The normalized spacial score (nSPS) is 10.5. The number of hydrogen-bond donors (Lipinski definition) is 1. The molecule has 0 saturated heterocycles. The standard InChI is InChI=1S/C22H23N3O/c26-22(13-16-24-17-19-11-14-23-15-12-19)25(21-9-5-2-6-10-21)18-20-7-3-1-4-8-20/h1-12,14-15,24H,13,16-18H2. The number of pyridine rings is 1. The van der Waals surface area contributed by atoms with Gasteiger partial charge < -0.3 is 10.2 Å². The number of aromatic nitrogens is 1. The van der Waals surface area contributed by atoms with E-state index in [1.165, 1.54) is 0 Å². The topological polar surface area (TPSA) is 45.2 Å². The molecular formula is C22H23N3O. The van der Waals surface area contributed by atoms with Gasteiger partial charge in [0.1, 0.15) is 0 Å². The van der Waals surface area contributed by atoms with Crippen LogP contribution in [0.1, 0.15) is 17.5 Å². The minimum absolute atomic E-state index is 0.113. The SMILES string of the molecule is O=C(CCNCc1ccncc1)N(Cc1ccccc1)c1ccccc1. The average molecular weight is 345 g/mol. The van der Waals surface area contributed by atoms with Gasteiger partial charge in [-0.05, 0) is 35.4 Å². The van der Waals surface area contributed by atoms with Crippen LogP contribution in [-0.4, -0.2) is 17.4 Å². The van der Waals surface area contributed by atoms with Gasteiger partial charge in [-0.15, -0.1) is 0 Å². The fourth-order valence-electron chi connectivity index (χ4n) is 2.76. The molecule has 2 aromatic carbocycles. The van der Waals surface area contributed by atoms with Crippen molar-refractivity contribution in [2.24, 2.45) is 0 Å². The largest absolute Gasteiger partial charge is 0.312 e. The summed E-state index contributed by atoms with van der Waals surface area (Å²) in [6.45, 7) is 1.95. The minimum Gasteiger partial charge on any atom is -0.312 e. The third-order valence-electron chi connectivity index (χ3n) is 4.15. The smallest absolute Gasteiger partial charge is 0.228 e. The molecule has 0 spiro atoms. The molecule has 0 radical (unpaired) electrons. The van der Waals surface area contributed by atoms with Crippen molar-refractivity contribution in [3.05, 3.63) is 96.3 Å². The molecule has 0 aliphatic heterocycles. The lowest BCUT2D eigenvalue weighted by Gasteiger charge is -2.23. The van der Waals surface area contributed by atoms with Gasteiger partial charge in [-0.2, -0.15) is 0 Å². The summed E-state index contributed by atoms with van der Waals surface area (Å²) in [6, 6.07) is 23.9. The number of nitrogens with one attached hydrogen (secondary N) is 1. The summed E-state index contributed by atoms with van der Waals surface area (Å²) in [7, 11) is 0. The molecule has 3 aromatic rings. The quantitative estimate of drug-likeness (QED) is 0.632. The lowest BCUT2D eigenvalue weighted by molar-refractivity contribution is -0.118. The van der Waals surface area contributed by atoms with E-state index in [0.717, 1.165) is 23.4 Å². The second kappa shape index (κ2) is 9.49. The summed E-state index contributed by atoms with van der Waals surface area (Å²) in [5.74, 6) is 0.113. The van der Waals surface area contributed by atoms with Gasteiger partial charge in [0, 0.05) is 37.6 Å². The fraction of sp³-hybridized carbons (Fsp3) is 0.182. The summed E-state index contributed by atoms with van der Waals surface area (Å²) in [5.41, 5.74) is 3.21. The summed E-state index contributed by atoms with van der Waals surface area (Å²) >= 11 is 0. The Kier molecular flexibility index (Phi) is 6.51. The van der Waals surface area contributed by atoms with E-state index in [9.17, 15) is 4.79 Å². The maximum atomic E-state index is 12.8. The molecule has 4 nitrogen and oxygen atoms in total. The Morgan fingerprint density at radius 2 is 1.50 bits per heavy atom. The first kappa shape index (κ1) is 17.8. The summed E-state index contributed by atoms with van der Waals surface area (Å²) in [4.78, 5) is 18.7. The molecular weight excluding hydrogens is 322 g/mol. The van der Waals surface area contributed by atoms with E-state index in [1.54, 1.807) is 12.4 Å². The van der Waals surface area contributed by atoms with Crippen molar-refractivity contribution in [2.45, 2.75) is 19.5 Å². The van der Waals surface area contributed by atoms with Crippen molar-refractivity contribution in [1.82, 2.24) is 10.3 Å². The van der Waals surface area contributed by atoms with Crippen LogP contribution in [0.15, 0.2) is 85.2 Å². The van der Waals surface area contributed by atoms with Crippen LogP contribution < -0.4 is 10.2 Å². The molecule has 0 atom stereocenters. The Balaban J connectivity index is 1.59. The Morgan fingerprint density at radius 1 is 0.846 bits per heavy atom. The van der Waals surface area contributed by atoms with Crippen LogP contribution in [0.4, 0.5) is 5.69 Å². The molecule has 0 aliphatic carbocycles. The maximum Gasteiger partial charge on any atom is 0.228 e. The number of rotatable bonds is 8. The Bertz CT molecular complexity index is 791. The number of carbonyl (C=O) groups is 1. The zero-order valence-electron chi connectivity index (χ0n) is 14.7. The lowest BCUT2D eigenvalue weighted by atomic mass is 10.2. The Morgan fingerprint density at radius 3 is 2.19 bits per heavy atom. The second-order valence-corrected chi connectivity index (χ2v) is 6.08. The molecule has 4 heteroatoms. The van der Waals surface area contributed by atoms with Crippen molar-refractivity contribution in [1.29, 1.82) is 0 Å². The first-order chi connectivity index (χ1) is 12.8. The van der Waals surface area contributed by atoms with E-state index >= 15 is 0 Å². The van der Waals surface area contributed by atoms with E-state index in [1.807, 2.05) is 77.7 Å². The molecule has 0 bridgehead atoms. The van der Waals surface area contributed by atoms with Crippen molar-refractivity contribution >= 4 is 11.6 Å². The molecule has 0 saturated carbocycles. The van der Waals surface area contributed by atoms with Crippen LogP contribution in [0.5, 0.6) is 0 Å². The van der Waals surface area contributed by atoms with Gasteiger partial charge in [0.2, 0.25) is 5.91 Å². The van der Waals surface area contributed by atoms with Crippen LogP contribution in [0.25, 0.3) is 0 Å². The molecule has 0 unspecified atom stereocenters. The summed E-state index contributed by atoms with van der Waals surface area (Å²) in [6.07, 6.45) is 4.01. The van der Waals surface area contributed by atoms with Crippen molar-refractivity contribution in [3.63, 3.8) is 0 Å². The number of carbonyl (C=O) groups excluding carboxylic acids is 1. The van der Waals surface area contributed by atoms with Gasteiger partial charge in [-0.1, -0.05) is 48.5 Å². The maximum absolute atomic E-state index is 12.8. The summed E-state index contributed by atoms with van der Waals surface area (Å²) in [5, 5.41) is 3.33. The molecule has 132 valence electrons. The average Bonchev–Trinajstić information content (AvgIpc) is 2.71. The molecule has 1 amide bonds. The van der Waals surface area contributed by atoms with Crippen LogP contribution in [0, 0.1) is 0 Å². The first-order valence-corrected chi connectivity index (χ1v) is 8.82. The molecule has 1 aromatic heterocycles. The van der Waals surface area contributed by atoms with Crippen molar-refractivity contribution in [2.75, 3.05) is 11.4 Å². The fourth-order valence-corrected chi connectivity index (χ4v) is 2.76. The van der Waals surface area contributed by atoms with Crippen molar-refractivity contribution in [3.8, 4) is 0 Å². The van der Waals surface area contributed by atoms with Gasteiger partial charge in [-0.25, -0.2) is 0 Å². The Labute approximate surface area is 154 Å². The number of nitrogens with zero attached hydrogens (tertiary/aromatic N) is 2. The predicted molar refractivity (Wildman–Crippen MR) is 105 cm³/mol. The number of amides is 1. The number of hydrogen-bond acceptors (Lipinski definition) is 3. The van der Waals surface area contributed by atoms with E-state index in [4.69, 9.17) is 0 Å². The number of benzene rings is 2. The van der Waals surface area contributed by atoms with Crippen LogP contribution in [-0.2, 0) is 17.9 Å². The third kappa shape index (κ3) is 5.26. The Hall–Kier alpha value is -2.98. The number of para-hydroxylation sites is 1. The minimum atomic E-state index is 0.113. The first-order valence-electron chi connectivity index (χ1n) is 8.82. The molecule has 26 heavy (non-hydrogen) atoms. The third-order valence-corrected chi connectivity index (χ3v) is 4.15. The zero-order valence-corrected chi connectivity index (χ0v) is 14.7. The van der Waals surface area contributed by atoms with E-state index in [-0.39, 0.29) is 5.91 Å². The highest BCUT2D eigenvalue weighted by Crippen LogP contribution is 2.18. The molecule has 0 aliphatic rings. The highest BCUT2D eigenvalue weighted by atomic mass is 16.2. The van der Waals surface area contributed by atoms with Gasteiger partial charge in [0.15, 0.2) is 0 Å². The molecule has 1 heterocycles. The number of anilines is 1. The second-order valence-electron chi connectivity index (χ2n) is 6.08. The van der Waals surface area contributed by atoms with Crippen LogP contribution in [0.2, 0.25) is 0 Å². The molecule has 1 N–H and O–H groups in total. The highest BCUT2D eigenvalue weighted by Gasteiger charge is 2.15. The van der Waals surface area contributed by atoms with E-state index in [0.29, 0.717) is 19.5 Å². The van der Waals surface area contributed by atoms with E-state index < -0.39 is 0 Å². The van der Waals surface area contributed by atoms with Gasteiger partial charge >= 0.3 is 0 Å².